The van der Waals surface area contributed by atoms with Gasteiger partial charge in [-0.2, -0.15) is 0 Å². The Balaban J connectivity index is 1.80. The van der Waals surface area contributed by atoms with Crippen molar-refractivity contribution >= 4 is 27.9 Å². The molecule has 25 heavy (non-hydrogen) atoms. The van der Waals surface area contributed by atoms with Gasteiger partial charge in [0.25, 0.3) is 0 Å². The molecule has 2 atom stereocenters. The zero-order chi connectivity index (χ0) is 18.2. The van der Waals surface area contributed by atoms with Crippen molar-refractivity contribution in [1.29, 1.82) is 0 Å². The van der Waals surface area contributed by atoms with Gasteiger partial charge in [-0.3, -0.25) is 0 Å². The average Bonchev–Trinajstić information content (AvgIpc) is 2.61. The standard InChI is InChI=1S/C24H43.Na/c1-4-5-6-7-8-9-10-11-12-13-14-15-16-18-21-24(3)22-19-17-20-23(24)2;/h17,19-20,22-23H,1,4-16,18,21H2,2-3H3;. The fraction of sp³-hybridized carbons (Fsp3) is 0.833. The van der Waals surface area contributed by atoms with Crippen molar-refractivity contribution in [2.45, 2.75) is 114 Å². The molecule has 0 amide bonds. The first kappa shape index (κ1) is 23.5. The van der Waals surface area contributed by atoms with Crippen LogP contribution in [0.25, 0.3) is 0 Å². The first-order valence-corrected chi connectivity index (χ1v) is 13.0. The Morgan fingerprint density at radius 3 is 1.56 bits per heavy atom. The first-order valence-electron chi connectivity index (χ1n) is 11.5. The van der Waals surface area contributed by atoms with Crippen molar-refractivity contribution in [1.82, 2.24) is 0 Å². The van der Waals surface area contributed by atoms with Gasteiger partial charge < -0.3 is 0 Å². The molecule has 0 saturated carbocycles. The van der Waals surface area contributed by atoms with Gasteiger partial charge in [0, 0.05) is 0 Å². The van der Waals surface area contributed by atoms with E-state index in [0.29, 0.717) is 11.3 Å². The Morgan fingerprint density at radius 1 is 0.680 bits per heavy atom. The molecule has 140 valence electrons. The molecule has 0 bridgehead atoms. The van der Waals surface area contributed by atoms with Crippen LogP contribution < -0.4 is 0 Å². The maximum atomic E-state index is 2.43. The summed E-state index contributed by atoms with van der Waals surface area (Å²) in [5.74, 6) is 0.700. The fourth-order valence-electron chi connectivity index (χ4n) is 4.07. The van der Waals surface area contributed by atoms with Gasteiger partial charge in [0.15, 0.2) is 0 Å². The summed E-state index contributed by atoms with van der Waals surface area (Å²) in [4.78, 5) is 0. The Bertz CT molecular complexity index is 357. The van der Waals surface area contributed by atoms with Gasteiger partial charge in [-0.05, 0) is 17.8 Å². The second kappa shape index (κ2) is 15.5. The van der Waals surface area contributed by atoms with E-state index in [2.05, 4.69) is 38.2 Å². The van der Waals surface area contributed by atoms with Gasteiger partial charge >= 0.3 is 102 Å². The molecule has 0 aromatic carbocycles. The van der Waals surface area contributed by atoms with E-state index in [0.717, 1.165) is 0 Å². The van der Waals surface area contributed by atoms with Gasteiger partial charge in [-0.15, -0.1) is 0 Å². The molecule has 1 aliphatic carbocycles. The molecule has 0 spiro atoms. The van der Waals surface area contributed by atoms with Gasteiger partial charge in [0.1, 0.15) is 0 Å². The van der Waals surface area contributed by atoms with Crippen LogP contribution in [-0.2, 0) is 0 Å². The predicted octanol–water partition coefficient (Wildman–Crippen LogP) is 8.19. The molecule has 0 aromatic rings. The van der Waals surface area contributed by atoms with Crippen LogP contribution in [0.1, 0.15) is 110 Å². The molecule has 0 fully saturated rings. The molecular formula is C24H43Na. The number of allylic oxidation sites excluding steroid dienone is 4. The van der Waals surface area contributed by atoms with Crippen LogP contribution in [0.15, 0.2) is 24.3 Å². The molecule has 1 aliphatic rings. The monoisotopic (exact) mass is 354 g/mol. The van der Waals surface area contributed by atoms with Crippen LogP contribution in [-0.4, -0.2) is 27.9 Å². The van der Waals surface area contributed by atoms with Crippen molar-refractivity contribution in [2.75, 3.05) is 0 Å². The molecule has 0 heterocycles. The van der Waals surface area contributed by atoms with E-state index < -0.39 is 0 Å². The number of hydrogen-bond donors (Lipinski definition) is 0. The van der Waals surface area contributed by atoms with Crippen molar-refractivity contribution in [3.8, 4) is 0 Å². The summed E-state index contributed by atoms with van der Waals surface area (Å²) in [7, 11) is 0. The van der Waals surface area contributed by atoms with E-state index in [1.54, 1.807) is 0 Å². The van der Waals surface area contributed by atoms with E-state index in [9.17, 15) is 0 Å². The third-order valence-corrected chi connectivity index (χ3v) is 7.05. The molecule has 0 aliphatic heterocycles. The van der Waals surface area contributed by atoms with Gasteiger partial charge in [0.05, 0.1) is 0 Å². The van der Waals surface area contributed by atoms with E-state index in [1.165, 1.54) is 128 Å². The predicted molar refractivity (Wildman–Crippen MR) is 115 cm³/mol. The van der Waals surface area contributed by atoms with Gasteiger partial charge in [0.2, 0.25) is 0 Å². The molecule has 0 aromatic heterocycles. The van der Waals surface area contributed by atoms with Crippen molar-refractivity contribution in [3.05, 3.63) is 24.3 Å². The fourth-order valence-corrected chi connectivity index (χ4v) is 4.57. The summed E-state index contributed by atoms with van der Waals surface area (Å²) in [6, 6.07) is 0. The molecule has 1 heteroatoms. The molecule has 0 nitrogen and oxygen atoms in total. The molecule has 0 N–H and O–H groups in total. The topological polar surface area (TPSA) is 0 Å². The zero-order valence-electron chi connectivity index (χ0n) is 17.7. The summed E-state index contributed by atoms with van der Waals surface area (Å²) in [6.45, 7) is 4.80. The second-order valence-electron chi connectivity index (χ2n) is 8.74. The Labute approximate surface area is 176 Å². The van der Waals surface area contributed by atoms with Crippen LogP contribution >= 0.6 is 0 Å². The third kappa shape index (κ3) is 11.7. The zero-order valence-corrected chi connectivity index (χ0v) is 19.7. The van der Waals surface area contributed by atoms with Crippen molar-refractivity contribution < 1.29 is 0 Å². The van der Waals surface area contributed by atoms with Crippen LogP contribution in [0.4, 0.5) is 0 Å². The normalized spacial score (nSPS) is 22.6. The summed E-state index contributed by atoms with van der Waals surface area (Å²) in [5.41, 5.74) is 0.410. The maximum absolute atomic E-state index is 2.43. The van der Waals surface area contributed by atoms with Crippen LogP contribution in [0.5, 0.6) is 0 Å². The van der Waals surface area contributed by atoms with Gasteiger partial charge in [-0.25, -0.2) is 0 Å². The van der Waals surface area contributed by atoms with E-state index >= 15 is 0 Å². The van der Waals surface area contributed by atoms with Gasteiger partial charge in [-0.1, -0.05) is 57.4 Å². The average molecular weight is 355 g/mol. The molecule has 2 unspecified atom stereocenters. The minimum atomic E-state index is 0.410. The minimum absolute atomic E-state index is 0.410. The first-order chi connectivity index (χ1) is 12.2. The molecule has 0 saturated heterocycles. The molecular weight excluding hydrogens is 311 g/mol. The second-order valence-corrected chi connectivity index (χ2v) is 9.74. The third-order valence-electron chi connectivity index (χ3n) is 6.35. The summed E-state index contributed by atoms with van der Waals surface area (Å²) in [6.07, 6.45) is 31.2. The van der Waals surface area contributed by atoms with Crippen molar-refractivity contribution in [3.63, 3.8) is 0 Å². The van der Waals surface area contributed by atoms with Crippen LogP contribution in [0.2, 0.25) is 3.67 Å². The quantitative estimate of drug-likeness (QED) is 0.193. The summed E-state index contributed by atoms with van der Waals surface area (Å²) < 4.78 is 1.51. The van der Waals surface area contributed by atoms with Crippen LogP contribution in [0.3, 0.4) is 0 Å². The summed E-state index contributed by atoms with van der Waals surface area (Å²) >= 11 is 1.40. The van der Waals surface area contributed by atoms with E-state index in [4.69, 9.17) is 0 Å². The van der Waals surface area contributed by atoms with Crippen molar-refractivity contribution in [2.24, 2.45) is 11.3 Å². The number of rotatable bonds is 16. The molecule has 1 rings (SSSR count). The Hall–Kier alpha value is 0.480. The van der Waals surface area contributed by atoms with E-state index in [-0.39, 0.29) is 0 Å². The summed E-state index contributed by atoms with van der Waals surface area (Å²) in [5, 5.41) is 0. The Kier molecular flexibility index (Phi) is 14.6. The Morgan fingerprint density at radius 2 is 1.12 bits per heavy atom. The van der Waals surface area contributed by atoms with E-state index in [1.807, 2.05) is 0 Å². The number of unbranched alkanes of at least 4 members (excludes halogenated alkanes) is 13. The number of hydrogen-bond acceptors (Lipinski definition) is 0. The SMILES string of the molecule is CC1C=CC=CC1(C)CCCCCCCCCCCCCCC[CH2][Na]. The molecule has 0 radical (unpaired) electrons. The van der Waals surface area contributed by atoms with Crippen LogP contribution in [0, 0.1) is 11.3 Å².